The maximum atomic E-state index is 12.5. The monoisotopic (exact) mass is 412 g/mol. The molecule has 0 aromatic heterocycles. The maximum absolute atomic E-state index is 12.5. The Kier molecular flexibility index (Phi) is 6.11. The number of para-hydroxylation sites is 1. The van der Waals surface area contributed by atoms with E-state index in [1.54, 1.807) is 0 Å². The quantitative estimate of drug-likeness (QED) is 0.641. The molecule has 4 aliphatic rings. The van der Waals surface area contributed by atoms with Gasteiger partial charge in [0.1, 0.15) is 6.54 Å². The molecule has 0 heterocycles. The molecule has 4 saturated carbocycles. The predicted octanol–water partition coefficient (Wildman–Crippen LogP) is 3.45. The van der Waals surface area contributed by atoms with E-state index in [0.29, 0.717) is 6.42 Å². The van der Waals surface area contributed by atoms with E-state index >= 15 is 0 Å². The van der Waals surface area contributed by atoms with Crippen LogP contribution in [0.25, 0.3) is 0 Å². The van der Waals surface area contributed by atoms with Crippen LogP contribution < -0.4 is 10.6 Å². The van der Waals surface area contributed by atoms with E-state index in [0.717, 1.165) is 54.7 Å². The molecular formula is C24H32N2O4. The molecule has 1 aromatic rings. The number of hydrogen-bond acceptors (Lipinski definition) is 4. The first-order valence-corrected chi connectivity index (χ1v) is 11.2. The molecule has 6 heteroatoms. The Morgan fingerprint density at radius 2 is 1.63 bits per heavy atom. The summed E-state index contributed by atoms with van der Waals surface area (Å²) in [6.07, 6.45) is 8.83. The first-order chi connectivity index (χ1) is 14.4. The maximum Gasteiger partial charge on any atom is 0.325 e. The summed E-state index contributed by atoms with van der Waals surface area (Å²) in [6.45, 7) is 1.46. The normalized spacial score (nSPS) is 28.8. The highest BCUT2D eigenvalue weighted by Gasteiger charge is 2.51. The van der Waals surface area contributed by atoms with Gasteiger partial charge in [0.25, 0.3) is 5.91 Å². The highest BCUT2D eigenvalue weighted by molar-refractivity contribution is 5.93. The van der Waals surface area contributed by atoms with E-state index in [9.17, 15) is 14.4 Å². The minimum atomic E-state index is -0.590. The Hall–Kier alpha value is -2.37. The topological polar surface area (TPSA) is 84.5 Å². The number of carbonyl (C=O) groups is 3. The molecule has 0 atom stereocenters. The van der Waals surface area contributed by atoms with Gasteiger partial charge in [0.2, 0.25) is 5.91 Å². The fourth-order valence-electron chi connectivity index (χ4n) is 6.41. The number of nitrogens with one attached hydrogen (secondary N) is 2. The van der Waals surface area contributed by atoms with Gasteiger partial charge in [-0.15, -0.1) is 0 Å². The fraction of sp³-hybridized carbons (Fsp3) is 0.625. The number of rotatable bonds is 8. The van der Waals surface area contributed by atoms with Crippen LogP contribution in [0, 0.1) is 23.2 Å². The lowest BCUT2D eigenvalue weighted by atomic mass is 9.49. The second-order valence-electron chi connectivity index (χ2n) is 9.59. The third kappa shape index (κ3) is 4.85. The molecule has 0 radical (unpaired) electrons. The minimum absolute atomic E-state index is 0.0739. The van der Waals surface area contributed by atoms with Crippen molar-refractivity contribution >= 4 is 23.5 Å². The van der Waals surface area contributed by atoms with E-state index in [1.807, 2.05) is 31.2 Å². The molecule has 0 spiro atoms. The van der Waals surface area contributed by atoms with Gasteiger partial charge in [0.15, 0.2) is 6.61 Å². The van der Waals surface area contributed by atoms with Gasteiger partial charge in [-0.2, -0.15) is 0 Å². The number of amides is 2. The van der Waals surface area contributed by atoms with Gasteiger partial charge < -0.3 is 15.4 Å². The van der Waals surface area contributed by atoms with Crippen molar-refractivity contribution < 1.29 is 19.1 Å². The van der Waals surface area contributed by atoms with Crippen molar-refractivity contribution in [2.24, 2.45) is 23.2 Å². The molecule has 30 heavy (non-hydrogen) atoms. The molecule has 2 amide bonds. The molecule has 4 fully saturated rings. The first-order valence-electron chi connectivity index (χ1n) is 11.2. The Morgan fingerprint density at radius 3 is 2.27 bits per heavy atom. The van der Waals surface area contributed by atoms with Crippen LogP contribution in [-0.2, 0) is 25.5 Å². The molecule has 162 valence electrons. The SMILES string of the molecule is CCc1ccccc1NC(=O)COC(=O)CNC(=O)CC12CC3CC(CC(C3)C1)C2. The number of ether oxygens (including phenoxy) is 1. The largest absolute Gasteiger partial charge is 0.454 e. The van der Waals surface area contributed by atoms with Crippen molar-refractivity contribution in [3.63, 3.8) is 0 Å². The molecule has 6 nitrogen and oxygen atoms in total. The van der Waals surface area contributed by atoms with Gasteiger partial charge in [-0.1, -0.05) is 25.1 Å². The Bertz CT molecular complexity index is 784. The zero-order chi connectivity index (χ0) is 21.1. The molecule has 0 aliphatic heterocycles. The van der Waals surface area contributed by atoms with Gasteiger partial charge in [-0.25, -0.2) is 0 Å². The predicted molar refractivity (Wildman–Crippen MR) is 114 cm³/mol. The van der Waals surface area contributed by atoms with Gasteiger partial charge in [-0.3, -0.25) is 14.4 Å². The standard InChI is InChI=1S/C24H32N2O4/c1-2-19-5-3-4-6-20(19)26-22(28)15-30-23(29)14-25-21(27)13-24-10-16-7-17(11-24)9-18(8-16)12-24/h3-6,16-18H,2,7-15H2,1H3,(H,25,27)(H,26,28). The molecule has 2 N–H and O–H groups in total. The summed E-state index contributed by atoms with van der Waals surface area (Å²) < 4.78 is 5.03. The second kappa shape index (κ2) is 8.78. The van der Waals surface area contributed by atoms with E-state index < -0.39 is 5.97 Å². The summed E-state index contributed by atoms with van der Waals surface area (Å²) in [5.41, 5.74) is 1.90. The van der Waals surface area contributed by atoms with Crippen LogP contribution in [0.2, 0.25) is 0 Å². The third-order valence-electron chi connectivity index (χ3n) is 7.17. The summed E-state index contributed by atoms with van der Waals surface area (Å²) in [7, 11) is 0. The average Bonchev–Trinajstić information content (AvgIpc) is 2.70. The molecule has 1 aromatic carbocycles. The fourth-order valence-corrected chi connectivity index (χ4v) is 6.41. The van der Waals surface area contributed by atoms with Crippen LogP contribution in [0.4, 0.5) is 5.69 Å². The van der Waals surface area contributed by atoms with Crippen molar-refractivity contribution in [3.8, 4) is 0 Å². The van der Waals surface area contributed by atoms with Gasteiger partial charge in [0.05, 0.1) is 0 Å². The van der Waals surface area contributed by atoms with Gasteiger partial charge >= 0.3 is 5.97 Å². The van der Waals surface area contributed by atoms with Crippen molar-refractivity contribution in [2.75, 3.05) is 18.5 Å². The molecule has 0 unspecified atom stereocenters. The number of carbonyl (C=O) groups excluding carboxylic acids is 3. The summed E-state index contributed by atoms with van der Waals surface area (Å²) in [5, 5.41) is 5.47. The molecular weight excluding hydrogens is 380 g/mol. The molecule has 0 saturated heterocycles. The van der Waals surface area contributed by atoms with Crippen molar-refractivity contribution in [1.82, 2.24) is 5.32 Å². The zero-order valence-corrected chi connectivity index (χ0v) is 17.7. The van der Waals surface area contributed by atoms with E-state index in [1.165, 1.54) is 19.3 Å². The number of esters is 1. The van der Waals surface area contributed by atoms with Crippen LogP contribution in [0.5, 0.6) is 0 Å². The zero-order valence-electron chi connectivity index (χ0n) is 17.7. The Labute approximate surface area is 178 Å². The number of anilines is 1. The van der Waals surface area contributed by atoms with Crippen LogP contribution >= 0.6 is 0 Å². The van der Waals surface area contributed by atoms with Crippen LogP contribution in [0.15, 0.2) is 24.3 Å². The van der Waals surface area contributed by atoms with Gasteiger partial charge in [0, 0.05) is 12.1 Å². The van der Waals surface area contributed by atoms with Crippen LogP contribution in [0.3, 0.4) is 0 Å². The molecule has 5 rings (SSSR count). The second-order valence-corrected chi connectivity index (χ2v) is 9.59. The van der Waals surface area contributed by atoms with Crippen LogP contribution in [0.1, 0.15) is 57.4 Å². The molecule has 4 aliphatic carbocycles. The van der Waals surface area contributed by atoms with Crippen molar-refractivity contribution in [2.45, 2.75) is 58.3 Å². The summed E-state index contributed by atoms with van der Waals surface area (Å²) in [4.78, 5) is 36.5. The Morgan fingerprint density at radius 1 is 1.00 bits per heavy atom. The Balaban J connectivity index is 1.18. The number of hydrogen-bond donors (Lipinski definition) is 2. The lowest BCUT2D eigenvalue weighted by Crippen LogP contribution is -2.48. The van der Waals surface area contributed by atoms with Crippen LogP contribution in [-0.4, -0.2) is 30.9 Å². The summed E-state index contributed by atoms with van der Waals surface area (Å²) in [5.74, 6) is 1.34. The van der Waals surface area contributed by atoms with E-state index in [4.69, 9.17) is 4.74 Å². The highest BCUT2D eigenvalue weighted by Crippen LogP contribution is 2.61. The van der Waals surface area contributed by atoms with Crippen molar-refractivity contribution in [3.05, 3.63) is 29.8 Å². The summed E-state index contributed by atoms with van der Waals surface area (Å²) in [6, 6.07) is 7.53. The molecule has 4 bridgehead atoms. The first kappa shape index (κ1) is 20.9. The smallest absolute Gasteiger partial charge is 0.325 e. The summed E-state index contributed by atoms with van der Waals surface area (Å²) >= 11 is 0. The average molecular weight is 413 g/mol. The third-order valence-corrected chi connectivity index (χ3v) is 7.17. The van der Waals surface area contributed by atoms with E-state index in [-0.39, 0.29) is 30.4 Å². The lowest BCUT2D eigenvalue weighted by Gasteiger charge is -2.56. The van der Waals surface area contributed by atoms with E-state index in [2.05, 4.69) is 10.6 Å². The number of aryl methyl sites for hydroxylation is 1. The minimum Gasteiger partial charge on any atom is -0.454 e. The van der Waals surface area contributed by atoms with Crippen molar-refractivity contribution in [1.29, 1.82) is 0 Å². The lowest BCUT2D eigenvalue weighted by molar-refractivity contribution is -0.147. The number of benzene rings is 1. The highest BCUT2D eigenvalue weighted by atomic mass is 16.5. The van der Waals surface area contributed by atoms with Gasteiger partial charge in [-0.05, 0) is 79.7 Å².